The summed E-state index contributed by atoms with van der Waals surface area (Å²) in [6, 6.07) is 0. The topological polar surface area (TPSA) is 64.1 Å². The van der Waals surface area contributed by atoms with Crippen molar-refractivity contribution in [1.82, 2.24) is 15.3 Å². The highest BCUT2D eigenvalue weighted by Gasteiger charge is 2.38. The summed E-state index contributed by atoms with van der Waals surface area (Å²) < 4.78 is 5.05. The Labute approximate surface area is 94.2 Å². The maximum atomic E-state index is 12.3. The molecule has 1 aromatic rings. The molecule has 0 amide bonds. The molecule has 1 aliphatic rings. The first-order valence-electron chi connectivity index (χ1n) is 5.32. The van der Waals surface area contributed by atoms with Crippen LogP contribution in [0.15, 0.2) is 12.4 Å². The average molecular weight is 221 g/mol. The van der Waals surface area contributed by atoms with Crippen molar-refractivity contribution in [3.63, 3.8) is 0 Å². The van der Waals surface area contributed by atoms with Crippen LogP contribution >= 0.6 is 0 Å². The maximum absolute atomic E-state index is 12.3. The molecule has 0 bridgehead atoms. The number of carbonyl (C=O) groups is 1. The number of hydrogen-bond donors (Lipinski definition) is 1. The third-order valence-corrected chi connectivity index (χ3v) is 2.94. The minimum atomic E-state index is -0.524. The molecule has 86 valence electrons. The third kappa shape index (κ3) is 1.78. The number of rotatable bonds is 3. The van der Waals surface area contributed by atoms with E-state index in [9.17, 15) is 4.79 Å². The fraction of sp³-hybridized carbons (Fsp3) is 0.545. The highest BCUT2D eigenvalue weighted by Crippen LogP contribution is 2.25. The Morgan fingerprint density at radius 3 is 2.88 bits per heavy atom. The number of Topliss-reactive ketones (excluding diaryl/α,β-unsaturated/α-hetero) is 1. The quantitative estimate of drug-likeness (QED) is 0.765. The molecule has 0 radical (unpaired) electrons. The molecular formula is C11H15N3O2. The van der Waals surface area contributed by atoms with Crippen LogP contribution in [0.3, 0.4) is 0 Å². The predicted molar refractivity (Wildman–Crippen MR) is 58.6 cm³/mol. The van der Waals surface area contributed by atoms with Crippen LogP contribution in [0, 0.1) is 0 Å². The van der Waals surface area contributed by atoms with Crippen molar-refractivity contribution in [3.05, 3.63) is 18.1 Å². The zero-order valence-electron chi connectivity index (χ0n) is 9.49. The van der Waals surface area contributed by atoms with Gasteiger partial charge in [0.05, 0.1) is 12.6 Å². The van der Waals surface area contributed by atoms with Crippen LogP contribution in [-0.2, 0) is 0 Å². The predicted octanol–water partition coefficient (Wildman–Crippen LogP) is 0.810. The number of nitrogens with one attached hydrogen (secondary N) is 1. The smallest absolute Gasteiger partial charge is 0.243 e. The SMILES string of the molecule is COc1nccnc1C(=O)C1(C)CCCN1. The van der Waals surface area contributed by atoms with Crippen molar-refractivity contribution < 1.29 is 9.53 Å². The van der Waals surface area contributed by atoms with Gasteiger partial charge in [-0.15, -0.1) is 0 Å². The van der Waals surface area contributed by atoms with E-state index >= 15 is 0 Å². The van der Waals surface area contributed by atoms with Gasteiger partial charge in [0.1, 0.15) is 0 Å². The molecule has 5 nitrogen and oxygen atoms in total. The molecule has 1 N–H and O–H groups in total. The fourth-order valence-corrected chi connectivity index (χ4v) is 1.98. The number of hydrogen-bond acceptors (Lipinski definition) is 5. The van der Waals surface area contributed by atoms with E-state index < -0.39 is 5.54 Å². The van der Waals surface area contributed by atoms with Crippen molar-refractivity contribution in [2.45, 2.75) is 25.3 Å². The minimum absolute atomic E-state index is 0.0463. The van der Waals surface area contributed by atoms with E-state index in [1.807, 2.05) is 6.92 Å². The van der Waals surface area contributed by atoms with E-state index in [1.54, 1.807) is 0 Å². The van der Waals surface area contributed by atoms with E-state index in [4.69, 9.17) is 4.74 Å². The highest BCUT2D eigenvalue weighted by molar-refractivity contribution is 6.03. The van der Waals surface area contributed by atoms with Gasteiger partial charge in [-0.25, -0.2) is 9.97 Å². The number of ether oxygens (including phenoxy) is 1. The van der Waals surface area contributed by atoms with Gasteiger partial charge in [-0.3, -0.25) is 4.79 Å². The second kappa shape index (κ2) is 4.17. The molecule has 1 aliphatic heterocycles. The standard InChI is InChI=1S/C11H15N3O2/c1-11(4-3-5-14-11)9(15)8-10(16-2)13-7-6-12-8/h6-7,14H,3-5H2,1-2H3. The van der Waals surface area contributed by atoms with Crippen LogP contribution in [0.4, 0.5) is 0 Å². The Kier molecular flexibility index (Phi) is 2.87. The molecule has 0 aromatic carbocycles. The maximum Gasteiger partial charge on any atom is 0.243 e. The Morgan fingerprint density at radius 1 is 1.50 bits per heavy atom. The summed E-state index contributed by atoms with van der Waals surface area (Å²) in [5.41, 5.74) is -0.217. The van der Waals surface area contributed by atoms with Gasteiger partial charge < -0.3 is 10.1 Å². The van der Waals surface area contributed by atoms with Gasteiger partial charge in [-0.05, 0) is 26.3 Å². The first-order valence-corrected chi connectivity index (χ1v) is 5.32. The molecule has 1 aromatic heterocycles. The van der Waals surface area contributed by atoms with Gasteiger partial charge >= 0.3 is 0 Å². The number of ketones is 1. The van der Waals surface area contributed by atoms with E-state index in [-0.39, 0.29) is 5.78 Å². The molecular weight excluding hydrogens is 206 g/mol. The molecule has 0 spiro atoms. The number of carbonyl (C=O) groups excluding carboxylic acids is 1. The van der Waals surface area contributed by atoms with Crippen LogP contribution in [0.2, 0.25) is 0 Å². The van der Waals surface area contributed by atoms with Crippen molar-refractivity contribution in [2.24, 2.45) is 0 Å². The Bertz CT molecular complexity index is 400. The molecule has 5 heteroatoms. The van der Waals surface area contributed by atoms with Crippen LogP contribution in [0.25, 0.3) is 0 Å². The molecule has 0 aliphatic carbocycles. The lowest BCUT2D eigenvalue weighted by Gasteiger charge is -2.22. The highest BCUT2D eigenvalue weighted by atomic mass is 16.5. The zero-order chi connectivity index (χ0) is 11.6. The Balaban J connectivity index is 2.33. The van der Waals surface area contributed by atoms with Gasteiger partial charge in [-0.1, -0.05) is 0 Å². The summed E-state index contributed by atoms with van der Waals surface area (Å²) in [5.74, 6) is 0.248. The summed E-state index contributed by atoms with van der Waals surface area (Å²) in [6.45, 7) is 2.77. The number of nitrogens with zero attached hydrogens (tertiary/aromatic N) is 2. The number of aromatic nitrogens is 2. The van der Waals surface area contributed by atoms with Gasteiger partial charge in [0.25, 0.3) is 0 Å². The van der Waals surface area contributed by atoms with Crippen molar-refractivity contribution in [1.29, 1.82) is 0 Å². The molecule has 1 unspecified atom stereocenters. The molecule has 1 saturated heterocycles. The molecule has 2 rings (SSSR count). The average Bonchev–Trinajstić information content (AvgIpc) is 2.76. The van der Waals surface area contributed by atoms with Gasteiger partial charge in [0.2, 0.25) is 11.7 Å². The Hall–Kier alpha value is -1.49. The van der Waals surface area contributed by atoms with Gasteiger partial charge in [0, 0.05) is 12.4 Å². The molecule has 1 atom stereocenters. The molecule has 16 heavy (non-hydrogen) atoms. The second-order valence-electron chi connectivity index (χ2n) is 4.11. The lowest BCUT2D eigenvalue weighted by molar-refractivity contribution is 0.0874. The number of methoxy groups -OCH3 is 1. The van der Waals surface area contributed by atoms with Crippen molar-refractivity contribution in [3.8, 4) is 5.88 Å². The normalized spacial score (nSPS) is 24.4. The zero-order valence-corrected chi connectivity index (χ0v) is 9.49. The van der Waals surface area contributed by atoms with Crippen LogP contribution in [0.1, 0.15) is 30.3 Å². The van der Waals surface area contributed by atoms with E-state index in [1.165, 1.54) is 19.5 Å². The van der Waals surface area contributed by atoms with Gasteiger partial charge in [-0.2, -0.15) is 0 Å². The molecule has 2 heterocycles. The summed E-state index contributed by atoms with van der Waals surface area (Å²) in [7, 11) is 1.49. The summed E-state index contributed by atoms with van der Waals surface area (Å²) in [5, 5.41) is 3.21. The monoisotopic (exact) mass is 221 g/mol. The Morgan fingerprint density at radius 2 is 2.25 bits per heavy atom. The second-order valence-corrected chi connectivity index (χ2v) is 4.11. The van der Waals surface area contributed by atoms with E-state index in [0.29, 0.717) is 11.6 Å². The van der Waals surface area contributed by atoms with E-state index in [0.717, 1.165) is 19.4 Å². The summed E-state index contributed by atoms with van der Waals surface area (Å²) >= 11 is 0. The van der Waals surface area contributed by atoms with Crippen LogP contribution in [-0.4, -0.2) is 34.9 Å². The molecule has 0 saturated carbocycles. The lowest BCUT2D eigenvalue weighted by Crippen LogP contribution is -2.45. The van der Waals surface area contributed by atoms with Crippen molar-refractivity contribution in [2.75, 3.05) is 13.7 Å². The van der Waals surface area contributed by atoms with Crippen LogP contribution in [0.5, 0.6) is 5.88 Å². The summed E-state index contributed by atoms with van der Waals surface area (Å²) in [4.78, 5) is 20.4. The van der Waals surface area contributed by atoms with E-state index in [2.05, 4.69) is 15.3 Å². The van der Waals surface area contributed by atoms with Crippen molar-refractivity contribution >= 4 is 5.78 Å². The van der Waals surface area contributed by atoms with Gasteiger partial charge in [0.15, 0.2) is 5.69 Å². The first-order chi connectivity index (χ1) is 7.67. The third-order valence-electron chi connectivity index (χ3n) is 2.94. The minimum Gasteiger partial charge on any atom is -0.479 e. The largest absolute Gasteiger partial charge is 0.479 e. The van der Waals surface area contributed by atoms with Crippen LogP contribution < -0.4 is 10.1 Å². The molecule has 1 fully saturated rings. The fourth-order valence-electron chi connectivity index (χ4n) is 1.98. The summed E-state index contributed by atoms with van der Waals surface area (Å²) in [6.07, 6.45) is 4.85. The lowest BCUT2D eigenvalue weighted by atomic mass is 9.92. The first kappa shape index (κ1) is 11.0.